The van der Waals surface area contributed by atoms with E-state index in [-0.39, 0.29) is 0 Å². The van der Waals surface area contributed by atoms with Crippen molar-refractivity contribution in [1.29, 1.82) is 0 Å². The Hall–Kier alpha value is -1.13. The monoisotopic (exact) mass is 351 g/mol. The summed E-state index contributed by atoms with van der Waals surface area (Å²) in [4.78, 5) is 9.00. The lowest BCUT2D eigenvalue weighted by molar-refractivity contribution is 0.922. The Balaban J connectivity index is 1.94. The molecule has 0 unspecified atom stereocenters. The number of anilines is 2. The van der Waals surface area contributed by atoms with Gasteiger partial charge in [0, 0.05) is 21.6 Å². The van der Waals surface area contributed by atoms with Gasteiger partial charge in [-0.3, -0.25) is 0 Å². The quantitative estimate of drug-likeness (QED) is 0.778. The molecule has 0 amide bonds. The van der Waals surface area contributed by atoms with Crippen LogP contribution in [0.2, 0.25) is 5.15 Å². The fourth-order valence-electron chi connectivity index (χ4n) is 2.01. The van der Waals surface area contributed by atoms with Crippen molar-refractivity contribution in [1.82, 2.24) is 9.97 Å². The van der Waals surface area contributed by atoms with Gasteiger partial charge in [0.1, 0.15) is 16.8 Å². The molecular formula is C15H15BrClN3. The molecule has 0 saturated heterocycles. The van der Waals surface area contributed by atoms with Crippen LogP contribution in [0.25, 0.3) is 0 Å². The maximum absolute atomic E-state index is 6.21. The van der Waals surface area contributed by atoms with E-state index < -0.39 is 0 Å². The van der Waals surface area contributed by atoms with Gasteiger partial charge >= 0.3 is 0 Å². The summed E-state index contributed by atoms with van der Waals surface area (Å²) in [6.07, 6.45) is 2.33. The van der Waals surface area contributed by atoms with Crippen LogP contribution < -0.4 is 5.32 Å². The Bertz CT molecular complexity index is 668. The number of halogens is 2. The minimum atomic E-state index is 0.486. The fourth-order valence-corrected chi connectivity index (χ4v) is 2.43. The van der Waals surface area contributed by atoms with Crippen LogP contribution in [-0.2, 0) is 0 Å². The van der Waals surface area contributed by atoms with Gasteiger partial charge in [0.15, 0.2) is 0 Å². The lowest BCUT2D eigenvalue weighted by atomic mass is 10.2. The second-order valence-electron chi connectivity index (χ2n) is 5.21. The Labute approximate surface area is 131 Å². The van der Waals surface area contributed by atoms with E-state index >= 15 is 0 Å². The van der Waals surface area contributed by atoms with Crippen molar-refractivity contribution in [3.8, 4) is 0 Å². The van der Waals surface area contributed by atoms with Crippen LogP contribution >= 0.6 is 27.5 Å². The molecule has 1 saturated carbocycles. The summed E-state index contributed by atoms with van der Waals surface area (Å²) in [6.45, 7) is 4.00. The van der Waals surface area contributed by atoms with Crippen LogP contribution in [0.4, 0.5) is 11.5 Å². The third-order valence-corrected chi connectivity index (χ3v) is 4.72. The van der Waals surface area contributed by atoms with E-state index in [9.17, 15) is 0 Å². The van der Waals surface area contributed by atoms with Crippen LogP contribution in [0.15, 0.2) is 22.7 Å². The predicted molar refractivity (Wildman–Crippen MR) is 85.9 cm³/mol. The van der Waals surface area contributed by atoms with Crippen LogP contribution in [0.5, 0.6) is 0 Å². The number of nitrogens with zero attached hydrogens (tertiary/aromatic N) is 2. The standard InChI is InChI=1S/C15H15BrClN3/c1-8-7-11(5-6-12(8)16)18-14-9(2)13(17)19-15(20-14)10-3-4-10/h5-7,10H,3-4H2,1-2H3,(H,18,19,20). The van der Waals surface area contributed by atoms with Gasteiger partial charge in [0.2, 0.25) is 0 Å². The molecule has 1 N–H and O–H groups in total. The highest BCUT2D eigenvalue weighted by Gasteiger charge is 2.28. The predicted octanol–water partition coefficient (Wildman–Crippen LogP) is 5.13. The highest BCUT2D eigenvalue weighted by Crippen LogP contribution is 2.39. The molecule has 0 bridgehead atoms. The van der Waals surface area contributed by atoms with E-state index in [4.69, 9.17) is 11.6 Å². The Kier molecular flexibility index (Phi) is 3.69. The van der Waals surface area contributed by atoms with Gasteiger partial charge < -0.3 is 5.32 Å². The highest BCUT2D eigenvalue weighted by molar-refractivity contribution is 9.10. The summed E-state index contributed by atoms with van der Waals surface area (Å²) in [5, 5.41) is 3.89. The van der Waals surface area contributed by atoms with Crippen molar-refractivity contribution >= 4 is 39.0 Å². The molecule has 2 aromatic rings. The van der Waals surface area contributed by atoms with Gasteiger partial charge in [-0.15, -0.1) is 0 Å². The molecule has 20 heavy (non-hydrogen) atoms. The van der Waals surface area contributed by atoms with Gasteiger partial charge in [-0.1, -0.05) is 27.5 Å². The molecule has 1 aliphatic rings. The molecule has 0 spiro atoms. The van der Waals surface area contributed by atoms with E-state index in [1.165, 1.54) is 5.56 Å². The Morgan fingerprint density at radius 1 is 1.25 bits per heavy atom. The minimum Gasteiger partial charge on any atom is -0.340 e. The van der Waals surface area contributed by atoms with Crippen molar-refractivity contribution in [2.45, 2.75) is 32.6 Å². The van der Waals surface area contributed by atoms with Crippen molar-refractivity contribution in [2.24, 2.45) is 0 Å². The van der Waals surface area contributed by atoms with Gasteiger partial charge in [-0.05, 0) is 50.5 Å². The first-order valence-corrected chi connectivity index (χ1v) is 7.79. The van der Waals surface area contributed by atoms with E-state index in [1.807, 2.05) is 19.1 Å². The molecule has 1 heterocycles. The van der Waals surface area contributed by atoms with Crippen molar-refractivity contribution in [2.75, 3.05) is 5.32 Å². The summed E-state index contributed by atoms with van der Waals surface area (Å²) in [5.41, 5.74) is 3.07. The average Bonchev–Trinajstić information content (AvgIpc) is 3.23. The summed E-state index contributed by atoms with van der Waals surface area (Å²) >= 11 is 9.72. The first-order valence-electron chi connectivity index (χ1n) is 6.62. The van der Waals surface area contributed by atoms with Gasteiger partial charge in [0.25, 0.3) is 0 Å². The Morgan fingerprint density at radius 2 is 2.00 bits per heavy atom. The van der Waals surface area contributed by atoms with E-state index in [0.29, 0.717) is 11.1 Å². The summed E-state index contributed by atoms with van der Waals surface area (Å²) in [5.74, 6) is 2.14. The van der Waals surface area contributed by atoms with Crippen LogP contribution in [0, 0.1) is 13.8 Å². The number of hydrogen-bond acceptors (Lipinski definition) is 3. The highest BCUT2D eigenvalue weighted by atomic mass is 79.9. The number of rotatable bonds is 3. The second kappa shape index (κ2) is 5.34. The number of aryl methyl sites for hydroxylation is 1. The number of aromatic nitrogens is 2. The molecule has 0 aliphatic heterocycles. The SMILES string of the molecule is Cc1cc(Nc2nc(C3CC3)nc(Cl)c2C)ccc1Br. The average molecular weight is 353 g/mol. The van der Waals surface area contributed by atoms with Crippen molar-refractivity contribution in [3.63, 3.8) is 0 Å². The number of benzene rings is 1. The van der Waals surface area contributed by atoms with E-state index in [1.54, 1.807) is 0 Å². The topological polar surface area (TPSA) is 37.8 Å². The molecule has 5 heteroatoms. The molecule has 1 fully saturated rings. The molecule has 1 aromatic carbocycles. The maximum atomic E-state index is 6.21. The molecule has 3 nitrogen and oxygen atoms in total. The van der Waals surface area contributed by atoms with Gasteiger partial charge in [0.05, 0.1) is 0 Å². The third kappa shape index (κ3) is 2.81. The summed E-state index contributed by atoms with van der Waals surface area (Å²) in [6, 6.07) is 6.12. The lowest BCUT2D eigenvalue weighted by Crippen LogP contribution is -2.03. The van der Waals surface area contributed by atoms with E-state index in [2.05, 4.69) is 44.2 Å². The van der Waals surface area contributed by atoms with Crippen molar-refractivity contribution < 1.29 is 0 Å². The van der Waals surface area contributed by atoms with Crippen LogP contribution in [0.3, 0.4) is 0 Å². The normalized spacial score (nSPS) is 14.4. The maximum Gasteiger partial charge on any atom is 0.138 e. The largest absolute Gasteiger partial charge is 0.340 e. The molecule has 3 rings (SSSR count). The zero-order chi connectivity index (χ0) is 14.3. The van der Waals surface area contributed by atoms with Crippen molar-refractivity contribution in [3.05, 3.63) is 44.8 Å². The fraction of sp³-hybridized carbons (Fsp3) is 0.333. The Morgan fingerprint density at radius 3 is 2.65 bits per heavy atom. The lowest BCUT2D eigenvalue weighted by Gasteiger charge is -2.12. The molecule has 1 aromatic heterocycles. The molecule has 1 aliphatic carbocycles. The third-order valence-electron chi connectivity index (χ3n) is 3.47. The van der Waals surface area contributed by atoms with Gasteiger partial charge in [-0.2, -0.15) is 0 Å². The first kappa shape index (κ1) is 13.8. The smallest absolute Gasteiger partial charge is 0.138 e. The zero-order valence-corrected chi connectivity index (χ0v) is 13.7. The molecule has 0 atom stereocenters. The van der Waals surface area contributed by atoms with Gasteiger partial charge in [-0.25, -0.2) is 9.97 Å². The summed E-state index contributed by atoms with van der Waals surface area (Å²) in [7, 11) is 0. The second-order valence-corrected chi connectivity index (χ2v) is 6.42. The van der Waals surface area contributed by atoms with Crippen LogP contribution in [0.1, 0.15) is 35.7 Å². The number of hydrogen-bond donors (Lipinski definition) is 1. The first-order chi connectivity index (χ1) is 9.54. The van der Waals surface area contributed by atoms with E-state index in [0.717, 1.165) is 40.2 Å². The minimum absolute atomic E-state index is 0.486. The molecule has 0 radical (unpaired) electrons. The number of nitrogens with one attached hydrogen (secondary N) is 1. The summed E-state index contributed by atoms with van der Waals surface area (Å²) < 4.78 is 1.10. The molecular weight excluding hydrogens is 338 g/mol. The zero-order valence-electron chi connectivity index (χ0n) is 11.4. The molecule has 104 valence electrons. The van der Waals surface area contributed by atoms with Crippen LogP contribution in [-0.4, -0.2) is 9.97 Å².